The van der Waals surface area contributed by atoms with E-state index < -0.39 is 0 Å². The van der Waals surface area contributed by atoms with Gasteiger partial charge in [0.15, 0.2) is 0 Å². The number of aromatic nitrogens is 5. The molecule has 7 nitrogen and oxygen atoms in total. The summed E-state index contributed by atoms with van der Waals surface area (Å²) in [6.45, 7) is 11.9. The minimum absolute atomic E-state index is 0.0302. The zero-order chi connectivity index (χ0) is 75.2. The number of hydrogen-bond acceptors (Lipinski definition) is 2. The van der Waals surface area contributed by atoms with Crippen molar-refractivity contribution in [3.05, 3.63) is 320 Å². The van der Waals surface area contributed by atoms with E-state index in [0.717, 1.165) is 83.4 Å². The van der Waals surface area contributed by atoms with Gasteiger partial charge < -0.3 is 31.0 Å². The van der Waals surface area contributed by atoms with Gasteiger partial charge in [0, 0.05) is 125 Å². The number of nitrogens with zero attached hydrogens (tertiary/aromatic N) is 5. The maximum absolute atomic E-state index is 7.68. The Morgan fingerprint density at radius 2 is 0.757 bits per heavy atom. The van der Waals surface area contributed by atoms with Crippen molar-refractivity contribution in [3.8, 4) is 27.9 Å². The number of benzene rings is 17. The first-order valence-electron chi connectivity index (χ1n) is 40.4. The third-order valence-electron chi connectivity index (χ3n) is 27.2. The second-order valence-corrected chi connectivity index (χ2v) is 34.6. The van der Waals surface area contributed by atoms with Gasteiger partial charge in [-0.1, -0.05) is 241 Å². The number of para-hydroxylation sites is 6. The molecule has 7 heteroatoms. The predicted molar refractivity (Wildman–Crippen MR) is 484 cm³/mol. The van der Waals surface area contributed by atoms with Gasteiger partial charge in [-0.25, -0.2) is 0 Å². The molecular formula is C108H67N5O2. The van der Waals surface area contributed by atoms with Crippen LogP contribution in [0, 0.1) is 0 Å². The highest BCUT2D eigenvalue weighted by atomic mass is 16.3. The molecule has 0 spiro atoms. The van der Waals surface area contributed by atoms with Gasteiger partial charge >= 0.3 is 0 Å². The Morgan fingerprint density at radius 1 is 0.252 bits per heavy atom. The Labute approximate surface area is 655 Å². The topological polar surface area (TPSA) is 48.8 Å². The Kier molecular flexibility index (Phi) is 11.1. The average molecular weight is 1470 g/mol. The van der Waals surface area contributed by atoms with Gasteiger partial charge in [-0.2, -0.15) is 0 Å². The fourth-order valence-electron chi connectivity index (χ4n) is 22.4. The van der Waals surface area contributed by atoms with Crippen LogP contribution in [0.15, 0.2) is 312 Å². The smallest absolute Gasteiger partial charge is 0.145 e. The molecule has 0 saturated heterocycles. The lowest BCUT2D eigenvalue weighted by Crippen LogP contribution is -2.20. The van der Waals surface area contributed by atoms with Crippen LogP contribution in [0.3, 0.4) is 0 Å². The Bertz CT molecular complexity index is 9250. The Balaban J connectivity index is 0.649. The molecule has 28 aromatic rings. The Hall–Kier alpha value is -14.4. The van der Waals surface area contributed by atoms with Crippen LogP contribution in [0.4, 0.5) is 0 Å². The second-order valence-electron chi connectivity index (χ2n) is 34.6. The largest absolute Gasteiger partial charge is 0.455 e. The summed E-state index contributed by atoms with van der Waals surface area (Å²) in [6, 6.07) is 115. The molecule has 17 aromatic carbocycles. The highest BCUT2D eigenvalue weighted by Gasteiger charge is 2.35. The molecule has 11 aromatic heterocycles. The molecule has 0 amide bonds. The standard InChI is InChI=1S/C108H67N5O2/c1-107(2,3)61-42-46-81-74(51-61)77-54-87-92(69-34-17-19-40-80(69)109(87)63-30-13-8-14-31-63)97-79-53-75-76-50-59-28-15-16-32-64(59)91-78-52-62(43-47-82(78)111(100(76)91)85(75)55-86(79)110(81)101(77)97)108(4,5)56-60-29-21-35-66-68-45-49-84-94(106(68)115-104(60)66)71-37-23-39-73-96-89(57-24-9-6-10-25-57)95-72-38-22-36-70-93-83(48-44-67-65-33-18-20-41-88(65)114-105(67)93)112(98(70)72)102(95)90(58-26-11-7-12-27-58)103(96)113(84)99(71)73/h6-55H,56H2,1-5H3. The highest BCUT2D eigenvalue weighted by molar-refractivity contribution is 6.42. The van der Waals surface area contributed by atoms with E-state index in [9.17, 15) is 0 Å². The number of fused-ring (bicyclic) bond motifs is 38. The van der Waals surface area contributed by atoms with Crippen LogP contribution in [-0.2, 0) is 17.3 Å². The van der Waals surface area contributed by atoms with Crippen LogP contribution in [0.2, 0.25) is 0 Å². The normalized spacial score (nSPS) is 13.3. The Morgan fingerprint density at radius 3 is 1.46 bits per heavy atom. The van der Waals surface area contributed by atoms with Crippen molar-refractivity contribution in [2.45, 2.75) is 51.9 Å². The van der Waals surface area contributed by atoms with Crippen LogP contribution in [0.5, 0.6) is 0 Å². The first-order chi connectivity index (χ1) is 56.5. The zero-order valence-corrected chi connectivity index (χ0v) is 63.6. The lowest BCUT2D eigenvalue weighted by molar-refractivity contribution is 0.520. The maximum Gasteiger partial charge on any atom is 0.145 e. The van der Waals surface area contributed by atoms with Crippen LogP contribution < -0.4 is 0 Å². The number of hydrogen-bond donors (Lipinski definition) is 0. The highest BCUT2D eigenvalue weighted by Crippen LogP contribution is 2.58. The average Bonchev–Trinajstić information content (AvgIpc) is 1.48. The first kappa shape index (κ1) is 61.3. The molecule has 11 heterocycles. The van der Waals surface area contributed by atoms with E-state index in [1.54, 1.807) is 0 Å². The van der Waals surface area contributed by atoms with Crippen molar-refractivity contribution >= 4 is 229 Å². The molecule has 0 fully saturated rings. The molecule has 0 radical (unpaired) electrons. The SMILES string of the molecule is CC(C)(C)c1ccc2c(c1)c1cc3c(c4ccccc4n3-c3ccccc3)c3c4cc5c6cc7ccccc7c7c8cc(C(C)(C)Cc9cccc%10c9oc9c%10ccc%10c9c9cccc%11c%12c(-c%13ccccc%13)c%13c%14cccc%15c%16c%17oc%18ccccc%18c%17ccc%16n(c%13c(-c%13ccccc%13)c%12n%10c%119)c%14%15)ccc8n(c5cc4n2c13)c67. The predicted octanol–water partition coefficient (Wildman–Crippen LogP) is 29.5. The number of furan rings is 2. The molecule has 0 aliphatic heterocycles. The van der Waals surface area contributed by atoms with Gasteiger partial charge in [-0.15, -0.1) is 0 Å². The molecule has 0 aliphatic carbocycles. The van der Waals surface area contributed by atoms with Crippen molar-refractivity contribution in [1.82, 2.24) is 22.2 Å². The van der Waals surface area contributed by atoms with E-state index in [0.29, 0.717) is 0 Å². The number of rotatable bonds is 6. The third-order valence-corrected chi connectivity index (χ3v) is 27.2. The third kappa shape index (κ3) is 7.42. The molecule has 0 aliphatic rings. The molecule has 115 heavy (non-hydrogen) atoms. The summed E-state index contributed by atoms with van der Waals surface area (Å²) in [6.07, 6.45) is 0.755. The molecular weight excluding hydrogens is 1400 g/mol. The quantitative estimate of drug-likeness (QED) is 0.167. The molecule has 0 saturated carbocycles. The summed E-state index contributed by atoms with van der Waals surface area (Å²) in [4.78, 5) is 0. The molecule has 0 atom stereocenters. The van der Waals surface area contributed by atoms with Gasteiger partial charge in [0.05, 0.1) is 88.0 Å². The summed E-state index contributed by atoms with van der Waals surface area (Å²) < 4.78 is 27.5. The van der Waals surface area contributed by atoms with Gasteiger partial charge in [-0.3, -0.25) is 0 Å². The minimum atomic E-state index is -0.329. The van der Waals surface area contributed by atoms with Crippen LogP contribution in [0.25, 0.3) is 257 Å². The van der Waals surface area contributed by atoms with Crippen molar-refractivity contribution in [3.63, 3.8) is 0 Å². The van der Waals surface area contributed by atoms with Crippen molar-refractivity contribution in [2.75, 3.05) is 0 Å². The summed E-state index contributed by atoms with van der Waals surface area (Å²) in [7, 11) is 0. The fraction of sp³-hybridized carbons (Fsp3) is 0.0741. The maximum atomic E-state index is 7.68. The molecule has 0 bridgehead atoms. The minimum Gasteiger partial charge on any atom is -0.455 e. The second kappa shape index (κ2) is 20.8. The van der Waals surface area contributed by atoms with Crippen LogP contribution >= 0.6 is 0 Å². The van der Waals surface area contributed by atoms with Crippen molar-refractivity contribution < 1.29 is 8.83 Å². The van der Waals surface area contributed by atoms with E-state index in [-0.39, 0.29) is 10.8 Å². The van der Waals surface area contributed by atoms with Gasteiger partial charge in [0.25, 0.3) is 0 Å². The van der Waals surface area contributed by atoms with E-state index >= 15 is 0 Å². The van der Waals surface area contributed by atoms with E-state index in [1.165, 1.54) is 197 Å². The molecule has 0 unspecified atom stereocenters. The molecule has 28 rings (SSSR count). The van der Waals surface area contributed by atoms with Gasteiger partial charge in [0.2, 0.25) is 0 Å². The summed E-state index contributed by atoms with van der Waals surface area (Å²) >= 11 is 0. The first-order valence-corrected chi connectivity index (χ1v) is 40.4. The van der Waals surface area contributed by atoms with E-state index in [1.807, 2.05) is 0 Å². The van der Waals surface area contributed by atoms with Gasteiger partial charge in [-0.05, 0) is 153 Å². The van der Waals surface area contributed by atoms with Crippen LogP contribution in [0.1, 0.15) is 51.3 Å². The van der Waals surface area contributed by atoms with Crippen LogP contribution in [-0.4, -0.2) is 22.2 Å². The molecule has 536 valence electrons. The lowest BCUT2D eigenvalue weighted by atomic mass is 9.78. The summed E-state index contributed by atoms with van der Waals surface area (Å²) in [5.41, 5.74) is 30.0. The zero-order valence-electron chi connectivity index (χ0n) is 63.6. The van der Waals surface area contributed by atoms with E-state index in [4.69, 9.17) is 8.83 Å². The fourth-order valence-corrected chi connectivity index (χ4v) is 22.4. The monoisotopic (exact) mass is 1470 g/mol. The lowest BCUT2D eigenvalue weighted by Gasteiger charge is -2.26. The van der Waals surface area contributed by atoms with Crippen molar-refractivity contribution in [2.24, 2.45) is 0 Å². The molecule has 0 N–H and O–H groups in total. The summed E-state index contributed by atoms with van der Waals surface area (Å²) in [5.74, 6) is 0. The van der Waals surface area contributed by atoms with E-state index in [2.05, 4.69) is 360 Å². The van der Waals surface area contributed by atoms with Crippen molar-refractivity contribution in [1.29, 1.82) is 0 Å². The summed E-state index contributed by atoms with van der Waals surface area (Å²) in [5, 5.41) is 29.5. The van der Waals surface area contributed by atoms with Gasteiger partial charge in [0.1, 0.15) is 22.3 Å².